The van der Waals surface area contributed by atoms with Gasteiger partial charge in [0.05, 0.1) is 17.5 Å². The summed E-state index contributed by atoms with van der Waals surface area (Å²) < 4.78 is 5.24. The maximum absolute atomic E-state index is 12.5. The Bertz CT molecular complexity index is 613. The highest BCUT2D eigenvalue weighted by Gasteiger charge is 2.34. The van der Waals surface area contributed by atoms with Crippen molar-refractivity contribution in [2.75, 3.05) is 30.2 Å². The number of nitrogens with one attached hydrogen (secondary N) is 1. The van der Waals surface area contributed by atoms with Crippen molar-refractivity contribution < 1.29 is 14.3 Å². The van der Waals surface area contributed by atoms with E-state index in [4.69, 9.17) is 10.00 Å². The van der Waals surface area contributed by atoms with Gasteiger partial charge in [-0.25, -0.2) is 0 Å². The molecule has 1 atom stereocenters. The third-order valence-corrected chi connectivity index (χ3v) is 4.68. The Morgan fingerprint density at radius 1 is 1.42 bits per heavy atom. The number of rotatable bonds is 7. The van der Waals surface area contributed by atoms with E-state index in [0.29, 0.717) is 48.9 Å². The fraction of sp³-hybridized carbons (Fsp3) is 0.471. The monoisotopic (exact) mass is 347 g/mol. The molecule has 0 aromatic heterocycles. The Balaban J connectivity index is 1.89. The number of hydrogen-bond acceptors (Lipinski definition) is 5. The largest absolute Gasteiger partial charge is 0.382 e. The number of ether oxygens (including phenoxy) is 1. The Kier molecular flexibility index (Phi) is 7.09. The molecular weight excluding hydrogens is 326 g/mol. The molecule has 1 aromatic carbocycles. The van der Waals surface area contributed by atoms with E-state index in [2.05, 4.69) is 5.32 Å². The molecule has 2 amide bonds. The van der Waals surface area contributed by atoms with Gasteiger partial charge in [0.1, 0.15) is 6.04 Å². The first-order valence-corrected chi connectivity index (χ1v) is 9.07. The van der Waals surface area contributed by atoms with E-state index in [1.54, 1.807) is 40.9 Å². The van der Waals surface area contributed by atoms with Crippen molar-refractivity contribution >= 4 is 29.3 Å². The van der Waals surface area contributed by atoms with Gasteiger partial charge < -0.3 is 15.0 Å². The van der Waals surface area contributed by atoms with Gasteiger partial charge in [-0.2, -0.15) is 5.26 Å². The fourth-order valence-corrected chi connectivity index (χ4v) is 3.55. The van der Waals surface area contributed by atoms with Gasteiger partial charge in [0, 0.05) is 31.1 Å². The van der Waals surface area contributed by atoms with Crippen LogP contribution in [-0.2, 0) is 14.3 Å². The molecule has 1 N–H and O–H groups in total. The van der Waals surface area contributed by atoms with E-state index >= 15 is 0 Å². The number of amides is 2. The maximum atomic E-state index is 12.5. The molecule has 1 heterocycles. The number of benzene rings is 1. The lowest BCUT2D eigenvalue weighted by Crippen LogP contribution is -2.44. The summed E-state index contributed by atoms with van der Waals surface area (Å²) in [5.41, 5.74) is 1.16. The van der Waals surface area contributed by atoms with Gasteiger partial charge in [-0.15, -0.1) is 11.8 Å². The molecule has 1 unspecified atom stereocenters. The minimum atomic E-state index is -0.453. The van der Waals surface area contributed by atoms with Crippen LogP contribution in [0, 0.1) is 11.3 Å². The van der Waals surface area contributed by atoms with E-state index in [-0.39, 0.29) is 11.8 Å². The summed E-state index contributed by atoms with van der Waals surface area (Å²) in [6.45, 7) is 3.12. The highest BCUT2D eigenvalue weighted by molar-refractivity contribution is 7.99. The van der Waals surface area contributed by atoms with Crippen LogP contribution >= 0.6 is 11.8 Å². The molecule has 0 spiro atoms. The summed E-state index contributed by atoms with van der Waals surface area (Å²) in [5, 5.41) is 11.6. The topological polar surface area (TPSA) is 82.4 Å². The zero-order valence-electron chi connectivity index (χ0n) is 13.7. The molecule has 0 radical (unpaired) electrons. The zero-order valence-corrected chi connectivity index (χ0v) is 14.5. The highest BCUT2D eigenvalue weighted by Crippen LogP contribution is 2.23. The van der Waals surface area contributed by atoms with E-state index in [1.807, 2.05) is 13.0 Å². The number of anilines is 1. The second-order valence-electron chi connectivity index (χ2n) is 5.36. The molecule has 0 aliphatic carbocycles. The number of hydrogen-bond donors (Lipinski definition) is 1. The van der Waals surface area contributed by atoms with Crippen LogP contribution in [0.4, 0.5) is 5.69 Å². The van der Waals surface area contributed by atoms with Crippen LogP contribution < -0.4 is 5.32 Å². The van der Waals surface area contributed by atoms with Crippen LogP contribution in [0.15, 0.2) is 24.3 Å². The van der Waals surface area contributed by atoms with Crippen LogP contribution in [0.3, 0.4) is 0 Å². The van der Waals surface area contributed by atoms with Crippen molar-refractivity contribution in [3.8, 4) is 6.07 Å². The summed E-state index contributed by atoms with van der Waals surface area (Å²) in [6, 6.07) is 8.25. The third kappa shape index (κ3) is 4.98. The molecule has 7 heteroatoms. The van der Waals surface area contributed by atoms with Crippen LogP contribution in [0.1, 0.15) is 25.3 Å². The van der Waals surface area contributed by atoms with Crippen molar-refractivity contribution in [2.24, 2.45) is 0 Å². The van der Waals surface area contributed by atoms with Gasteiger partial charge in [0.15, 0.2) is 0 Å². The predicted octanol–water partition coefficient (Wildman–Crippen LogP) is 2.21. The normalized spacial score (nSPS) is 16.7. The number of carbonyl (C=O) groups excluding carboxylic acids is 2. The maximum Gasteiger partial charge on any atom is 0.248 e. The molecule has 24 heavy (non-hydrogen) atoms. The quantitative estimate of drug-likeness (QED) is 0.765. The molecule has 0 saturated carbocycles. The summed E-state index contributed by atoms with van der Waals surface area (Å²) >= 11 is 1.58. The Morgan fingerprint density at radius 2 is 2.17 bits per heavy atom. The molecule has 6 nitrogen and oxygen atoms in total. The first-order valence-electron chi connectivity index (χ1n) is 7.91. The molecule has 1 aliphatic rings. The standard InChI is InChI=1S/C17H21N3O3S/c1-2-23-9-3-4-16(21)20-12-24-11-15(20)17(22)19-14-7-5-13(10-18)6-8-14/h5-8,15H,2-4,9,11-12H2,1H3,(H,19,22). The molecule has 1 aliphatic heterocycles. The SMILES string of the molecule is CCOCCCC(=O)N1CSCC1C(=O)Nc1ccc(C#N)cc1. The Labute approximate surface area is 146 Å². The van der Waals surface area contributed by atoms with Gasteiger partial charge in [0.2, 0.25) is 11.8 Å². The number of nitrogens with zero attached hydrogens (tertiary/aromatic N) is 2. The first-order chi connectivity index (χ1) is 11.7. The molecule has 128 valence electrons. The van der Waals surface area contributed by atoms with E-state index in [0.717, 1.165) is 0 Å². The highest BCUT2D eigenvalue weighted by atomic mass is 32.2. The average molecular weight is 347 g/mol. The molecule has 0 bridgehead atoms. The summed E-state index contributed by atoms with van der Waals surface area (Å²) in [7, 11) is 0. The lowest BCUT2D eigenvalue weighted by molar-refractivity contribution is -0.136. The first kappa shape index (κ1) is 18.3. The lowest BCUT2D eigenvalue weighted by Gasteiger charge is -2.23. The van der Waals surface area contributed by atoms with Crippen LogP contribution in [0.25, 0.3) is 0 Å². The van der Waals surface area contributed by atoms with Gasteiger partial charge in [-0.3, -0.25) is 9.59 Å². The number of carbonyl (C=O) groups is 2. The summed E-state index contributed by atoms with van der Waals surface area (Å²) in [4.78, 5) is 26.4. The minimum absolute atomic E-state index is 0.0142. The zero-order chi connectivity index (χ0) is 17.4. The molecule has 1 fully saturated rings. The van der Waals surface area contributed by atoms with Crippen molar-refractivity contribution in [3.05, 3.63) is 29.8 Å². The van der Waals surface area contributed by atoms with E-state index < -0.39 is 6.04 Å². The smallest absolute Gasteiger partial charge is 0.248 e. The Hall–Kier alpha value is -2.04. The lowest BCUT2D eigenvalue weighted by atomic mass is 10.2. The minimum Gasteiger partial charge on any atom is -0.382 e. The van der Waals surface area contributed by atoms with Crippen molar-refractivity contribution in [1.82, 2.24) is 4.90 Å². The van der Waals surface area contributed by atoms with Crippen molar-refractivity contribution in [2.45, 2.75) is 25.8 Å². The second kappa shape index (κ2) is 9.30. The van der Waals surface area contributed by atoms with Crippen molar-refractivity contribution in [1.29, 1.82) is 5.26 Å². The second-order valence-corrected chi connectivity index (χ2v) is 6.36. The van der Waals surface area contributed by atoms with Gasteiger partial charge in [0.25, 0.3) is 0 Å². The molecule has 1 saturated heterocycles. The summed E-state index contributed by atoms with van der Waals surface area (Å²) in [6.07, 6.45) is 1.05. The predicted molar refractivity (Wildman–Crippen MR) is 93.5 cm³/mol. The van der Waals surface area contributed by atoms with Gasteiger partial charge in [-0.1, -0.05) is 0 Å². The molecule has 1 aromatic rings. The van der Waals surface area contributed by atoms with Crippen molar-refractivity contribution in [3.63, 3.8) is 0 Å². The van der Waals surface area contributed by atoms with Gasteiger partial charge >= 0.3 is 0 Å². The third-order valence-electron chi connectivity index (χ3n) is 3.67. The molecule has 2 rings (SSSR count). The van der Waals surface area contributed by atoms with Gasteiger partial charge in [-0.05, 0) is 37.6 Å². The van der Waals surface area contributed by atoms with E-state index in [9.17, 15) is 9.59 Å². The number of thioether (sulfide) groups is 1. The van der Waals surface area contributed by atoms with E-state index in [1.165, 1.54) is 0 Å². The number of nitriles is 1. The van der Waals surface area contributed by atoms with Crippen LogP contribution in [-0.4, -0.2) is 47.6 Å². The summed E-state index contributed by atoms with van der Waals surface area (Å²) in [5.74, 6) is 0.931. The Morgan fingerprint density at radius 3 is 2.83 bits per heavy atom. The fourth-order valence-electron chi connectivity index (χ4n) is 2.37. The van der Waals surface area contributed by atoms with Crippen LogP contribution in [0.5, 0.6) is 0 Å². The van der Waals surface area contributed by atoms with Crippen LogP contribution in [0.2, 0.25) is 0 Å². The molecular formula is C17H21N3O3S. The average Bonchev–Trinajstić information content (AvgIpc) is 3.09.